The molecule has 1 atom stereocenters. The second kappa shape index (κ2) is 5.08. The molecule has 1 aromatic rings. The first-order valence-electron chi connectivity index (χ1n) is 5.16. The number of rotatable bonds is 4. The first-order valence-corrected chi connectivity index (χ1v) is 5.16. The van der Waals surface area contributed by atoms with Crippen LogP contribution in [-0.2, 0) is 11.3 Å². The van der Waals surface area contributed by atoms with Crippen LogP contribution < -0.4 is 5.32 Å². The van der Waals surface area contributed by atoms with Gasteiger partial charge < -0.3 is 10.1 Å². The third kappa shape index (κ3) is 2.79. The maximum atomic E-state index is 5.52. The predicted octanol–water partition coefficient (Wildman–Crippen LogP) is 1.35. The molecule has 76 valence electrons. The van der Waals surface area contributed by atoms with Gasteiger partial charge in [0.25, 0.3) is 0 Å². The molecule has 0 spiro atoms. The standard InChI is InChI=1S/C11H16N2O/c1-2-11(14-7-1)9-13-8-10-3-5-12-6-4-10/h3-6,11,13H,1-2,7-9H2/t11-/m0/s1. The molecule has 1 saturated heterocycles. The quantitative estimate of drug-likeness (QED) is 0.782. The van der Waals surface area contributed by atoms with Gasteiger partial charge in [0.05, 0.1) is 6.10 Å². The van der Waals surface area contributed by atoms with Crippen molar-refractivity contribution < 1.29 is 4.74 Å². The van der Waals surface area contributed by atoms with Crippen LogP contribution in [0.25, 0.3) is 0 Å². The maximum Gasteiger partial charge on any atom is 0.0700 e. The minimum Gasteiger partial charge on any atom is -0.377 e. The van der Waals surface area contributed by atoms with Gasteiger partial charge in [-0.1, -0.05) is 0 Å². The molecule has 1 N–H and O–H groups in total. The van der Waals surface area contributed by atoms with Gasteiger partial charge in [0.2, 0.25) is 0 Å². The zero-order valence-electron chi connectivity index (χ0n) is 8.28. The molecule has 0 aromatic carbocycles. The van der Waals surface area contributed by atoms with Crippen molar-refractivity contribution in [3.8, 4) is 0 Å². The molecule has 1 fully saturated rings. The summed E-state index contributed by atoms with van der Waals surface area (Å²) < 4.78 is 5.52. The van der Waals surface area contributed by atoms with Crippen LogP contribution in [0.1, 0.15) is 18.4 Å². The minimum atomic E-state index is 0.428. The van der Waals surface area contributed by atoms with Gasteiger partial charge in [-0.2, -0.15) is 0 Å². The van der Waals surface area contributed by atoms with E-state index in [1.54, 1.807) is 0 Å². The van der Waals surface area contributed by atoms with Gasteiger partial charge in [0.1, 0.15) is 0 Å². The average molecular weight is 192 g/mol. The summed E-state index contributed by atoms with van der Waals surface area (Å²) in [4.78, 5) is 3.98. The van der Waals surface area contributed by atoms with Crippen LogP contribution in [0.5, 0.6) is 0 Å². The molecule has 0 radical (unpaired) electrons. The van der Waals surface area contributed by atoms with Crippen molar-refractivity contribution in [2.24, 2.45) is 0 Å². The van der Waals surface area contributed by atoms with Gasteiger partial charge in [-0.05, 0) is 30.5 Å². The van der Waals surface area contributed by atoms with Crippen LogP contribution >= 0.6 is 0 Å². The van der Waals surface area contributed by atoms with Crippen molar-refractivity contribution >= 4 is 0 Å². The number of pyridine rings is 1. The molecule has 0 saturated carbocycles. The summed E-state index contributed by atoms with van der Waals surface area (Å²) >= 11 is 0. The van der Waals surface area contributed by atoms with Crippen molar-refractivity contribution in [2.45, 2.75) is 25.5 Å². The van der Waals surface area contributed by atoms with Gasteiger partial charge >= 0.3 is 0 Å². The third-order valence-corrected chi connectivity index (χ3v) is 2.47. The molecule has 0 amide bonds. The zero-order valence-corrected chi connectivity index (χ0v) is 8.28. The molecular weight excluding hydrogens is 176 g/mol. The van der Waals surface area contributed by atoms with Crippen molar-refractivity contribution in [3.05, 3.63) is 30.1 Å². The maximum absolute atomic E-state index is 5.52. The fraction of sp³-hybridized carbons (Fsp3) is 0.545. The molecule has 3 heteroatoms. The van der Waals surface area contributed by atoms with Crippen LogP contribution in [0.3, 0.4) is 0 Å². The highest BCUT2D eigenvalue weighted by atomic mass is 16.5. The Kier molecular flexibility index (Phi) is 3.49. The second-order valence-electron chi connectivity index (χ2n) is 3.62. The van der Waals surface area contributed by atoms with E-state index < -0.39 is 0 Å². The lowest BCUT2D eigenvalue weighted by Crippen LogP contribution is -2.25. The Morgan fingerprint density at radius 1 is 1.43 bits per heavy atom. The van der Waals surface area contributed by atoms with Gasteiger partial charge in [-0.15, -0.1) is 0 Å². The summed E-state index contributed by atoms with van der Waals surface area (Å²) in [5.41, 5.74) is 1.28. The minimum absolute atomic E-state index is 0.428. The summed E-state index contributed by atoms with van der Waals surface area (Å²) in [6.07, 6.45) is 6.48. The Bertz CT molecular complexity index is 257. The van der Waals surface area contributed by atoms with Crippen LogP contribution in [0, 0.1) is 0 Å². The Balaban J connectivity index is 1.67. The molecule has 0 bridgehead atoms. The molecule has 0 unspecified atom stereocenters. The number of hydrogen-bond donors (Lipinski definition) is 1. The topological polar surface area (TPSA) is 34.1 Å². The summed E-state index contributed by atoms with van der Waals surface area (Å²) in [7, 11) is 0. The smallest absolute Gasteiger partial charge is 0.0700 e. The van der Waals surface area contributed by atoms with Crippen LogP contribution in [-0.4, -0.2) is 24.2 Å². The molecular formula is C11H16N2O. The van der Waals surface area contributed by atoms with E-state index in [0.717, 1.165) is 19.7 Å². The number of nitrogens with zero attached hydrogens (tertiary/aromatic N) is 1. The second-order valence-corrected chi connectivity index (χ2v) is 3.62. The van der Waals surface area contributed by atoms with Crippen LogP contribution in [0.15, 0.2) is 24.5 Å². The van der Waals surface area contributed by atoms with E-state index in [9.17, 15) is 0 Å². The lowest BCUT2D eigenvalue weighted by molar-refractivity contribution is 0.110. The lowest BCUT2D eigenvalue weighted by Gasteiger charge is -2.10. The van der Waals surface area contributed by atoms with Gasteiger partial charge in [0, 0.05) is 32.1 Å². The highest BCUT2D eigenvalue weighted by Gasteiger charge is 2.14. The van der Waals surface area contributed by atoms with E-state index in [2.05, 4.69) is 10.3 Å². The van der Waals surface area contributed by atoms with Gasteiger partial charge in [0.15, 0.2) is 0 Å². The number of aromatic nitrogens is 1. The van der Waals surface area contributed by atoms with Crippen LogP contribution in [0.4, 0.5) is 0 Å². The van der Waals surface area contributed by atoms with Gasteiger partial charge in [-0.25, -0.2) is 0 Å². The van der Waals surface area contributed by atoms with E-state index in [1.165, 1.54) is 18.4 Å². The molecule has 0 aliphatic carbocycles. The van der Waals surface area contributed by atoms with Crippen molar-refractivity contribution in [1.29, 1.82) is 0 Å². The van der Waals surface area contributed by atoms with Crippen LogP contribution in [0.2, 0.25) is 0 Å². The third-order valence-electron chi connectivity index (χ3n) is 2.47. The Morgan fingerprint density at radius 2 is 2.29 bits per heavy atom. The normalized spacial score (nSPS) is 21.3. The number of hydrogen-bond acceptors (Lipinski definition) is 3. The first kappa shape index (κ1) is 9.62. The fourth-order valence-corrected chi connectivity index (χ4v) is 1.68. The van der Waals surface area contributed by atoms with E-state index in [1.807, 2.05) is 24.5 Å². The molecule has 2 heterocycles. The summed E-state index contributed by atoms with van der Waals surface area (Å²) in [5.74, 6) is 0. The van der Waals surface area contributed by atoms with E-state index in [4.69, 9.17) is 4.74 Å². The van der Waals surface area contributed by atoms with E-state index >= 15 is 0 Å². The monoisotopic (exact) mass is 192 g/mol. The molecule has 1 aliphatic rings. The molecule has 2 rings (SSSR count). The van der Waals surface area contributed by atoms with Crippen molar-refractivity contribution in [1.82, 2.24) is 10.3 Å². The van der Waals surface area contributed by atoms with E-state index in [-0.39, 0.29) is 0 Å². The summed E-state index contributed by atoms with van der Waals surface area (Å²) in [5, 5.41) is 3.39. The van der Waals surface area contributed by atoms with Gasteiger partial charge in [-0.3, -0.25) is 4.98 Å². The lowest BCUT2D eigenvalue weighted by atomic mass is 10.2. The molecule has 14 heavy (non-hydrogen) atoms. The number of ether oxygens (including phenoxy) is 1. The molecule has 1 aromatic heterocycles. The molecule has 1 aliphatic heterocycles. The zero-order chi connectivity index (χ0) is 9.64. The molecule has 3 nitrogen and oxygen atoms in total. The predicted molar refractivity (Wildman–Crippen MR) is 54.9 cm³/mol. The first-order chi connectivity index (χ1) is 6.95. The number of nitrogens with one attached hydrogen (secondary N) is 1. The Morgan fingerprint density at radius 3 is 3.00 bits per heavy atom. The van der Waals surface area contributed by atoms with Crippen molar-refractivity contribution in [3.63, 3.8) is 0 Å². The summed E-state index contributed by atoms with van der Waals surface area (Å²) in [6.45, 7) is 2.80. The highest BCUT2D eigenvalue weighted by Crippen LogP contribution is 2.10. The largest absolute Gasteiger partial charge is 0.377 e. The average Bonchev–Trinajstić information content (AvgIpc) is 2.72. The Labute approximate surface area is 84.5 Å². The summed E-state index contributed by atoms with van der Waals surface area (Å²) in [6, 6.07) is 4.06. The van der Waals surface area contributed by atoms with Crippen molar-refractivity contribution in [2.75, 3.05) is 13.2 Å². The highest BCUT2D eigenvalue weighted by molar-refractivity contribution is 5.08. The fourth-order valence-electron chi connectivity index (χ4n) is 1.68. The van der Waals surface area contributed by atoms with E-state index in [0.29, 0.717) is 6.10 Å². The SMILES string of the molecule is c1cc(CNC[C@@H]2CCCO2)ccn1. The Hall–Kier alpha value is -0.930.